The van der Waals surface area contributed by atoms with Crippen LogP contribution in [0.25, 0.3) is 0 Å². The van der Waals surface area contributed by atoms with Crippen LogP contribution in [0.3, 0.4) is 0 Å². The van der Waals surface area contributed by atoms with Crippen molar-refractivity contribution in [2.45, 2.75) is 0 Å². The fraction of sp³-hybridized carbons (Fsp3) is 0. The Morgan fingerprint density at radius 2 is 0.667 bits per heavy atom. The molecule has 0 aliphatic carbocycles. The Hall–Kier alpha value is -1.59. The molecule has 8 N–H and O–H groups in total. The Bertz CT molecular complexity index is 319. The average molecular weight is 252 g/mol. The molecule has 100 valence electrons. The molecule has 0 unspecified atom stereocenters. The third-order valence-electron chi connectivity index (χ3n) is 1.88. The van der Waals surface area contributed by atoms with Crippen LogP contribution in [0.5, 0.6) is 0 Å². The summed E-state index contributed by atoms with van der Waals surface area (Å²) in [4.78, 5) is 0. The zero-order valence-electron chi connectivity index (χ0n) is 10.8. The zero-order chi connectivity index (χ0) is 10.2. The molecule has 0 radical (unpaired) electrons. The number of rotatable bonds is 0. The molecule has 0 heterocycles. The molecule has 0 aliphatic heterocycles. The van der Waals surface area contributed by atoms with Crippen molar-refractivity contribution in [2.24, 2.45) is 0 Å². The lowest BCUT2D eigenvalue weighted by molar-refractivity contribution is 0.823. The summed E-state index contributed by atoms with van der Waals surface area (Å²) in [6.07, 6.45) is 0. The second-order valence-electron chi connectivity index (χ2n) is 3.31. The molecule has 0 amide bonds. The molecule has 0 saturated carbocycles. The lowest BCUT2D eigenvalue weighted by Gasteiger charge is -1.82. The minimum absolute atomic E-state index is 0. The van der Waals surface area contributed by atoms with Gasteiger partial charge >= 0.3 is 0 Å². The number of hydrogen-bond acceptors (Lipinski definition) is 0. The number of benzene rings is 2. The lowest BCUT2D eigenvalue weighted by Crippen LogP contribution is -1.97. The van der Waals surface area contributed by atoms with E-state index in [1.54, 1.807) is 0 Å². The molecule has 0 aromatic heterocycles. The topological polar surface area (TPSA) is 126 Å². The van der Waals surface area contributed by atoms with Gasteiger partial charge in [-0.25, -0.2) is 0 Å². The monoisotopic (exact) mass is 252 g/mol. The lowest BCUT2D eigenvalue weighted by atomic mass is 9.97. The smallest absolute Gasteiger partial charge is 0.139 e. The Labute approximate surface area is 110 Å². The van der Waals surface area contributed by atoms with E-state index < -0.39 is 0 Å². The average Bonchev–Trinajstić information content (AvgIpc) is 2.21. The molecule has 0 fully saturated rings. The quantitative estimate of drug-likeness (QED) is 0.433. The Morgan fingerprint density at radius 1 is 0.444 bits per heavy atom. The van der Waals surface area contributed by atoms with E-state index in [1.807, 2.05) is 36.4 Å². The van der Waals surface area contributed by atoms with Gasteiger partial charge in [-0.15, -0.1) is 0 Å². The van der Waals surface area contributed by atoms with Crippen LogP contribution in [-0.2, 0) is 0 Å². The first kappa shape index (κ1) is 25.3. The molecule has 2 aromatic rings. The first-order valence-corrected chi connectivity index (χ1v) is 4.82. The first-order chi connectivity index (χ1) is 6.79. The van der Waals surface area contributed by atoms with E-state index in [1.165, 1.54) is 10.9 Å². The highest BCUT2D eigenvalue weighted by atomic mass is 16.0. The van der Waals surface area contributed by atoms with Gasteiger partial charge in [0.15, 0.2) is 0 Å². The zero-order valence-corrected chi connectivity index (χ0v) is 10.8. The summed E-state index contributed by atoms with van der Waals surface area (Å²) in [5.74, 6) is 0. The standard InChI is InChI=1S/2C6H7B.4H2O/c2*7-6-4-2-1-3-5-6;;;;/h2*1-5H,7H2;4*1H2. The second-order valence-corrected chi connectivity index (χ2v) is 3.31. The van der Waals surface area contributed by atoms with E-state index in [9.17, 15) is 0 Å². The summed E-state index contributed by atoms with van der Waals surface area (Å²) in [6.45, 7) is 0. The van der Waals surface area contributed by atoms with Crippen LogP contribution in [-0.4, -0.2) is 37.6 Å². The summed E-state index contributed by atoms with van der Waals surface area (Å²) in [5, 5.41) is 0. The van der Waals surface area contributed by atoms with Gasteiger partial charge in [-0.05, 0) is 0 Å². The maximum atomic E-state index is 2.08. The predicted molar refractivity (Wildman–Crippen MR) is 83.7 cm³/mol. The van der Waals surface area contributed by atoms with E-state index >= 15 is 0 Å². The summed E-state index contributed by atoms with van der Waals surface area (Å²) < 4.78 is 0. The van der Waals surface area contributed by atoms with E-state index in [4.69, 9.17) is 0 Å². The molecule has 0 aliphatic rings. The minimum atomic E-state index is 0. The van der Waals surface area contributed by atoms with Crippen LogP contribution in [0, 0.1) is 0 Å². The van der Waals surface area contributed by atoms with E-state index in [0.717, 1.165) is 0 Å². The van der Waals surface area contributed by atoms with Gasteiger partial charge in [-0.3, -0.25) is 0 Å². The fourth-order valence-corrected chi connectivity index (χ4v) is 1.07. The van der Waals surface area contributed by atoms with Gasteiger partial charge in [-0.2, -0.15) is 0 Å². The van der Waals surface area contributed by atoms with Gasteiger partial charge in [0.2, 0.25) is 0 Å². The normalized spacial score (nSPS) is 6.67. The molecule has 0 bridgehead atoms. The van der Waals surface area contributed by atoms with Gasteiger partial charge < -0.3 is 21.9 Å². The van der Waals surface area contributed by atoms with Crippen LogP contribution in [0.2, 0.25) is 0 Å². The van der Waals surface area contributed by atoms with Gasteiger partial charge in [0, 0.05) is 0 Å². The van der Waals surface area contributed by atoms with Crippen LogP contribution in [0.15, 0.2) is 60.7 Å². The van der Waals surface area contributed by atoms with Crippen molar-refractivity contribution in [3.63, 3.8) is 0 Å². The number of hydrogen-bond donors (Lipinski definition) is 0. The molecule has 0 atom stereocenters. The fourth-order valence-electron chi connectivity index (χ4n) is 1.07. The molecular formula is C12H22B2O4. The van der Waals surface area contributed by atoms with Gasteiger partial charge in [-0.1, -0.05) is 71.6 Å². The van der Waals surface area contributed by atoms with Crippen LogP contribution in [0.1, 0.15) is 0 Å². The third-order valence-corrected chi connectivity index (χ3v) is 1.88. The molecule has 18 heavy (non-hydrogen) atoms. The van der Waals surface area contributed by atoms with Crippen LogP contribution in [0.4, 0.5) is 0 Å². The summed E-state index contributed by atoms with van der Waals surface area (Å²) in [5.41, 5.74) is 2.64. The van der Waals surface area contributed by atoms with E-state index in [-0.39, 0.29) is 21.9 Å². The summed E-state index contributed by atoms with van der Waals surface area (Å²) in [6, 6.07) is 20.5. The highest BCUT2D eigenvalue weighted by Crippen LogP contribution is 1.77. The Morgan fingerprint density at radius 3 is 0.778 bits per heavy atom. The first-order valence-electron chi connectivity index (χ1n) is 4.82. The van der Waals surface area contributed by atoms with Gasteiger partial charge in [0.1, 0.15) is 15.7 Å². The molecule has 4 nitrogen and oxygen atoms in total. The van der Waals surface area contributed by atoms with Crippen molar-refractivity contribution in [3.05, 3.63) is 60.7 Å². The predicted octanol–water partition coefficient (Wildman–Crippen LogP) is -3.41. The van der Waals surface area contributed by atoms with Gasteiger partial charge in [0.05, 0.1) is 0 Å². The van der Waals surface area contributed by atoms with Crippen molar-refractivity contribution < 1.29 is 21.9 Å². The summed E-state index contributed by atoms with van der Waals surface area (Å²) >= 11 is 0. The largest absolute Gasteiger partial charge is 0.412 e. The minimum Gasteiger partial charge on any atom is -0.412 e. The van der Waals surface area contributed by atoms with Crippen LogP contribution >= 0.6 is 0 Å². The van der Waals surface area contributed by atoms with E-state index in [0.29, 0.717) is 0 Å². The SMILES string of the molecule is Bc1ccccc1.Bc1ccccc1.O.O.O.O. The molecule has 2 aromatic carbocycles. The van der Waals surface area contributed by atoms with Crippen molar-refractivity contribution in [1.29, 1.82) is 0 Å². The highest BCUT2D eigenvalue weighted by Gasteiger charge is 1.73. The van der Waals surface area contributed by atoms with Crippen LogP contribution < -0.4 is 10.9 Å². The Balaban J connectivity index is -0.0000000891. The second kappa shape index (κ2) is 15.4. The molecular weight excluding hydrogens is 230 g/mol. The molecule has 0 spiro atoms. The molecule has 6 heteroatoms. The van der Waals surface area contributed by atoms with Crippen molar-refractivity contribution in [3.8, 4) is 0 Å². The summed E-state index contributed by atoms with van der Waals surface area (Å²) in [7, 11) is 4.17. The highest BCUT2D eigenvalue weighted by molar-refractivity contribution is 6.32. The molecule has 0 saturated heterocycles. The third kappa shape index (κ3) is 12.5. The molecule has 2 rings (SSSR count). The Kier molecular flexibility index (Phi) is 21.7. The maximum Gasteiger partial charge on any atom is 0.139 e. The van der Waals surface area contributed by atoms with Gasteiger partial charge in [0.25, 0.3) is 0 Å². The van der Waals surface area contributed by atoms with Crippen molar-refractivity contribution in [2.75, 3.05) is 0 Å². The van der Waals surface area contributed by atoms with Crippen molar-refractivity contribution in [1.82, 2.24) is 0 Å². The van der Waals surface area contributed by atoms with Crippen molar-refractivity contribution >= 4 is 26.6 Å². The van der Waals surface area contributed by atoms with E-state index in [2.05, 4.69) is 40.0 Å². The maximum absolute atomic E-state index is 2.08.